The number of anilines is 1. The van der Waals surface area contributed by atoms with E-state index in [4.69, 9.17) is 0 Å². The molecule has 0 bridgehead atoms. The van der Waals surface area contributed by atoms with Crippen molar-refractivity contribution in [2.24, 2.45) is 7.05 Å². The quantitative estimate of drug-likeness (QED) is 0.875. The molecule has 0 aliphatic carbocycles. The van der Waals surface area contributed by atoms with Gasteiger partial charge in [-0.15, -0.1) is 0 Å². The Bertz CT molecular complexity index is 705. The monoisotopic (exact) mass is 284 g/mol. The second-order valence-electron chi connectivity index (χ2n) is 5.05. The van der Waals surface area contributed by atoms with Gasteiger partial charge in [-0.2, -0.15) is 5.10 Å². The van der Waals surface area contributed by atoms with Crippen LogP contribution in [0.4, 0.5) is 5.69 Å². The molecule has 2 aromatic rings. The molecule has 2 heterocycles. The Balaban J connectivity index is 1.60. The van der Waals surface area contributed by atoms with Crippen LogP contribution in [0, 0.1) is 0 Å². The molecule has 2 amide bonds. The first-order valence-corrected chi connectivity index (χ1v) is 6.81. The lowest BCUT2D eigenvalue weighted by Gasteiger charge is -2.07. The van der Waals surface area contributed by atoms with Gasteiger partial charge < -0.3 is 10.6 Å². The van der Waals surface area contributed by atoms with Gasteiger partial charge in [0.05, 0.1) is 6.42 Å². The van der Waals surface area contributed by atoms with Gasteiger partial charge in [0.2, 0.25) is 5.91 Å². The van der Waals surface area contributed by atoms with Crippen molar-refractivity contribution in [3.05, 3.63) is 47.3 Å². The van der Waals surface area contributed by atoms with Crippen molar-refractivity contribution in [3.8, 4) is 0 Å². The van der Waals surface area contributed by atoms with Crippen LogP contribution in [0.25, 0.3) is 0 Å². The van der Waals surface area contributed by atoms with Crippen molar-refractivity contribution in [2.75, 3.05) is 11.9 Å². The summed E-state index contributed by atoms with van der Waals surface area (Å²) >= 11 is 0. The van der Waals surface area contributed by atoms with E-state index in [2.05, 4.69) is 15.7 Å². The second-order valence-corrected chi connectivity index (χ2v) is 5.05. The number of nitrogens with zero attached hydrogens (tertiary/aromatic N) is 2. The summed E-state index contributed by atoms with van der Waals surface area (Å²) in [6.45, 7) is 0.543. The Morgan fingerprint density at radius 3 is 3.05 bits per heavy atom. The van der Waals surface area contributed by atoms with Gasteiger partial charge in [0.15, 0.2) is 0 Å². The maximum atomic E-state index is 12.1. The summed E-state index contributed by atoms with van der Waals surface area (Å²) < 4.78 is 1.79. The summed E-state index contributed by atoms with van der Waals surface area (Å²) in [6, 6.07) is 7.22. The predicted octanol–water partition coefficient (Wildman–Crippen LogP) is 0.887. The molecule has 108 valence electrons. The topological polar surface area (TPSA) is 76.0 Å². The average Bonchev–Trinajstić information content (AvgIpc) is 3.02. The smallest absolute Gasteiger partial charge is 0.251 e. The highest BCUT2D eigenvalue weighted by molar-refractivity contribution is 6.02. The van der Waals surface area contributed by atoms with Crippen molar-refractivity contribution >= 4 is 17.5 Å². The number of carbonyl (C=O) groups is 2. The van der Waals surface area contributed by atoms with Gasteiger partial charge in [-0.3, -0.25) is 14.3 Å². The summed E-state index contributed by atoms with van der Waals surface area (Å²) in [6.07, 6.45) is 2.85. The Hall–Kier alpha value is -2.63. The van der Waals surface area contributed by atoms with Crippen molar-refractivity contribution in [1.29, 1.82) is 0 Å². The average molecular weight is 284 g/mol. The first-order valence-electron chi connectivity index (χ1n) is 6.81. The molecular weight excluding hydrogens is 268 g/mol. The number of hydrogen-bond donors (Lipinski definition) is 2. The first-order chi connectivity index (χ1) is 10.1. The SMILES string of the molecule is Cn1nccc1CCNC(=O)c1ccc2c(c1)NC(=O)C2. The third kappa shape index (κ3) is 2.79. The van der Waals surface area contributed by atoms with E-state index in [1.165, 1.54) is 0 Å². The maximum absolute atomic E-state index is 12.1. The normalized spacial score (nSPS) is 12.9. The zero-order valence-corrected chi connectivity index (χ0v) is 11.7. The van der Waals surface area contributed by atoms with Crippen LogP contribution in [-0.4, -0.2) is 28.1 Å². The lowest BCUT2D eigenvalue weighted by molar-refractivity contribution is -0.115. The number of benzene rings is 1. The van der Waals surface area contributed by atoms with Gasteiger partial charge in [0.1, 0.15) is 0 Å². The molecule has 6 nitrogen and oxygen atoms in total. The molecule has 1 aliphatic rings. The minimum Gasteiger partial charge on any atom is -0.352 e. The summed E-state index contributed by atoms with van der Waals surface area (Å²) in [4.78, 5) is 23.4. The van der Waals surface area contributed by atoms with E-state index >= 15 is 0 Å². The van der Waals surface area contributed by atoms with Crippen LogP contribution in [0.5, 0.6) is 0 Å². The Labute approximate surface area is 122 Å². The van der Waals surface area contributed by atoms with Gasteiger partial charge >= 0.3 is 0 Å². The lowest BCUT2D eigenvalue weighted by Crippen LogP contribution is -2.26. The van der Waals surface area contributed by atoms with Crippen molar-refractivity contribution in [1.82, 2.24) is 15.1 Å². The van der Waals surface area contributed by atoms with Crippen LogP contribution in [0.2, 0.25) is 0 Å². The Morgan fingerprint density at radius 2 is 2.29 bits per heavy atom. The van der Waals surface area contributed by atoms with E-state index in [1.54, 1.807) is 23.0 Å². The third-order valence-corrected chi connectivity index (χ3v) is 3.59. The number of rotatable bonds is 4. The van der Waals surface area contributed by atoms with Crippen LogP contribution < -0.4 is 10.6 Å². The molecule has 0 saturated heterocycles. The largest absolute Gasteiger partial charge is 0.352 e. The maximum Gasteiger partial charge on any atom is 0.251 e. The van der Waals surface area contributed by atoms with E-state index in [0.717, 1.165) is 23.4 Å². The lowest BCUT2D eigenvalue weighted by atomic mass is 10.1. The fraction of sp³-hybridized carbons (Fsp3) is 0.267. The molecule has 0 atom stereocenters. The number of fused-ring (bicyclic) bond motifs is 1. The highest BCUT2D eigenvalue weighted by Gasteiger charge is 2.18. The fourth-order valence-electron chi connectivity index (χ4n) is 2.41. The summed E-state index contributed by atoms with van der Waals surface area (Å²) in [5.74, 6) is -0.167. The molecule has 0 saturated carbocycles. The van der Waals surface area contributed by atoms with E-state index in [9.17, 15) is 9.59 Å². The number of aromatic nitrogens is 2. The van der Waals surface area contributed by atoms with Crippen molar-refractivity contribution in [3.63, 3.8) is 0 Å². The molecule has 0 unspecified atom stereocenters. The molecule has 0 spiro atoms. The predicted molar refractivity (Wildman–Crippen MR) is 78.0 cm³/mol. The van der Waals surface area contributed by atoms with Crippen LogP contribution in [0.15, 0.2) is 30.5 Å². The molecule has 1 aliphatic heterocycles. The fourth-order valence-corrected chi connectivity index (χ4v) is 2.41. The Kier molecular flexibility index (Phi) is 3.43. The van der Waals surface area contributed by atoms with Crippen molar-refractivity contribution in [2.45, 2.75) is 12.8 Å². The van der Waals surface area contributed by atoms with Gasteiger partial charge in [-0.1, -0.05) is 6.07 Å². The molecule has 21 heavy (non-hydrogen) atoms. The van der Waals surface area contributed by atoms with E-state index in [1.807, 2.05) is 19.2 Å². The first kappa shape index (κ1) is 13.4. The standard InChI is InChI=1S/C15H16N4O2/c1-19-12(5-7-17-19)4-6-16-15(21)11-3-2-10-9-14(20)18-13(10)8-11/h2-3,5,7-8H,4,6,9H2,1H3,(H,16,21)(H,18,20). The van der Waals surface area contributed by atoms with E-state index in [-0.39, 0.29) is 11.8 Å². The number of carbonyl (C=O) groups excluding carboxylic acids is 2. The molecule has 0 fully saturated rings. The number of amides is 2. The van der Waals surface area contributed by atoms with Crippen LogP contribution in [-0.2, 0) is 24.7 Å². The molecule has 2 N–H and O–H groups in total. The number of nitrogens with one attached hydrogen (secondary N) is 2. The number of aryl methyl sites for hydroxylation is 1. The number of hydrogen-bond acceptors (Lipinski definition) is 3. The van der Waals surface area contributed by atoms with Gasteiger partial charge in [0, 0.05) is 43.2 Å². The third-order valence-electron chi connectivity index (χ3n) is 3.59. The second kappa shape index (κ2) is 5.40. The van der Waals surface area contributed by atoms with Crippen LogP contribution >= 0.6 is 0 Å². The zero-order chi connectivity index (χ0) is 14.8. The van der Waals surface area contributed by atoms with E-state index in [0.29, 0.717) is 18.5 Å². The van der Waals surface area contributed by atoms with E-state index < -0.39 is 0 Å². The molecular formula is C15H16N4O2. The Morgan fingerprint density at radius 1 is 1.43 bits per heavy atom. The summed E-state index contributed by atoms with van der Waals surface area (Å²) in [5, 5.41) is 9.70. The van der Waals surface area contributed by atoms with Crippen LogP contribution in [0.3, 0.4) is 0 Å². The molecule has 1 aromatic heterocycles. The van der Waals surface area contributed by atoms with Crippen molar-refractivity contribution < 1.29 is 9.59 Å². The minimum absolute atomic E-state index is 0.0289. The molecule has 0 radical (unpaired) electrons. The highest BCUT2D eigenvalue weighted by atomic mass is 16.2. The molecule has 6 heteroatoms. The molecule has 1 aromatic carbocycles. The van der Waals surface area contributed by atoms with Gasteiger partial charge in [-0.05, 0) is 23.8 Å². The highest BCUT2D eigenvalue weighted by Crippen LogP contribution is 2.23. The minimum atomic E-state index is -0.138. The van der Waals surface area contributed by atoms with Gasteiger partial charge in [-0.25, -0.2) is 0 Å². The summed E-state index contributed by atoms with van der Waals surface area (Å²) in [5.41, 5.74) is 3.29. The zero-order valence-electron chi connectivity index (χ0n) is 11.7. The molecule has 3 rings (SSSR count). The summed E-state index contributed by atoms with van der Waals surface area (Å²) in [7, 11) is 1.88. The van der Waals surface area contributed by atoms with Gasteiger partial charge in [0.25, 0.3) is 5.91 Å². The van der Waals surface area contributed by atoms with Crippen LogP contribution in [0.1, 0.15) is 21.6 Å².